The van der Waals surface area contributed by atoms with Gasteiger partial charge in [-0.1, -0.05) is 25.1 Å². The van der Waals surface area contributed by atoms with E-state index in [0.717, 1.165) is 24.6 Å². The summed E-state index contributed by atoms with van der Waals surface area (Å²) in [6, 6.07) is 5.61. The number of halogens is 3. The molecule has 1 rings (SSSR count). The second-order valence-electron chi connectivity index (χ2n) is 5.99. The highest BCUT2D eigenvalue weighted by Crippen LogP contribution is 2.31. The van der Waals surface area contributed by atoms with Gasteiger partial charge in [0.15, 0.2) is 0 Å². The predicted molar refractivity (Wildman–Crippen MR) is 72.2 cm³/mol. The van der Waals surface area contributed by atoms with Gasteiger partial charge in [-0.25, -0.2) is 0 Å². The zero-order valence-electron chi connectivity index (χ0n) is 11.9. The van der Waals surface area contributed by atoms with Gasteiger partial charge < -0.3 is 5.32 Å². The van der Waals surface area contributed by atoms with Gasteiger partial charge >= 0.3 is 6.18 Å². The van der Waals surface area contributed by atoms with Gasteiger partial charge in [-0.05, 0) is 51.3 Å². The number of hydrogen-bond donors (Lipinski definition) is 1. The first kappa shape index (κ1) is 16.0. The fourth-order valence-corrected chi connectivity index (χ4v) is 1.85. The van der Waals surface area contributed by atoms with E-state index in [0.29, 0.717) is 0 Å². The van der Waals surface area contributed by atoms with Crippen molar-refractivity contribution in [1.29, 1.82) is 0 Å². The lowest BCUT2D eigenvalue weighted by molar-refractivity contribution is -0.137. The molecule has 1 aromatic carbocycles. The van der Waals surface area contributed by atoms with E-state index >= 15 is 0 Å². The number of rotatable bonds is 4. The largest absolute Gasteiger partial charge is 0.416 e. The van der Waals surface area contributed by atoms with Crippen LogP contribution in [0.25, 0.3) is 0 Å². The molecular weight excluding hydrogens is 251 g/mol. The first-order valence-electron chi connectivity index (χ1n) is 6.52. The van der Waals surface area contributed by atoms with Crippen LogP contribution in [-0.2, 0) is 6.18 Å². The van der Waals surface area contributed by atoms with Crippen molar-refractivity contribution < 1.29 is 13.2 Å². The molecule has 0 fully saturated rings. The van der Waals surface area contributed by atoms with Crippen LogP contribution in [0.1, 0.15) is 51.2 Å². The van der Waals surface area contributed by atoms with E-state index in [4.69, 9.17) is 0 Å². The Balaban J connectivity index is 2.65. The lowest BCUT2D eigenvalue weighted by atomic mass is 9.95. The second-order valence-corrected chi connectivity index (χ2v) is 5.99. The molecule has 1 N–H and O–H groups in total. The third kappa shape index (κ3) is 5.64. The van der Waals surface area contributed by atoms with E-state index in [1.165, 1.54) is 12.1 Å². The lowest BCUT2D eigenvalue weighted by Crippen LogP contribution is -2.36. The molecule has 0 aromatic heterocycles. The molecule has 19 heavy (non-hydrogen) atoms. The Bertz CT molecular complexity index is 405. The third-order valence-electron chi connectivity index (χ3n) is 3.02. The minimum Gasteiger partial charge on any atom is -0.312 e. The maximum absolute atomic E-state index is 12.6. The molecule has 1 aromatic rings. The normalized spacial score (nSPS) is 14.5. The van der Waals surface area contributed by atoms with E-state index in [-0.39, 0.29) is 11.5 Å². The number of benzene rings is 1. The maximum atomic E-state index is 12.6. The van der Waals surface area contributed by atoms with Crippen LogP contribution in [0.3, 0.4) is 0 Å². The maximum Gasteiger partial charge on any atom is 0.416 e. The predicted octanol–water partition coefficient (Wildman–Crippen LogP) is 4.59. The Kier molecular flexibility index (Phi) is 5.02. The molecule has 0 amide bonds. The van der Waals surface area contributed by atoms with Gasteiger partial charge in [0, 0.05) is 5.54 Å². The quantitative estimate of drug-likeness (QED) is 0.846. The summed E-state index contributed by atoms with van der Waals surface area (Å²) >= 11 is 0. The van der Waals surface area contributed by atoms with Crippen LogP contribution in [-0.4, -0.2) is 12.1 Å². The summed E-state index contributed by atoms with van der Waals surface area (Å²) in [7, 11) is 0. The van der Waals surface area contributed by atoms with Crippen molar-refractivity contribution in [1.82, 2.24) is 5.32 Å². The Hall–Kier alpha value is -1.03. The van der Waals surface area contributed by atoms with Crippen LogP contribution in [0.4, 0.5) is 13.2 Å². The summed E-state index contributed by atoms with van der Waals surface area (Å²) in [6.45, 7) is 8.96. The van der Waals surface area contributed by atoms with E-state index in [2.05, 4.69) is 26.1 Å². The monoisotopic (exact) mass is 273 g/mol. The Labute approximate surface area is 113 Å². The van der Waals surface area contributed by atoms with Crippen molar-refractivity contribution in [2.24, 2.45) is 0 Å². The van der Waals surface area contributed by atoms with Crippen LogP contribution >= 0.6 is 0 Å². The van der Waals surface area contributed by atoms with Gasteiger partial charge in [-0.15, -0.1) is 0 Å². The summed E-state index contributed by atoms with van der Waals surface area (Å²) in [5, 5.41) is 3.35. The minimum absolute atomic E-state index is 0.0353. The third-order valence-corrected chi connectivity index (χ3v) is 3.02. The molecule has 0 saturated heterocycles. The molecular formula is C15H22F3N. The summed E-state index contributed by atoms with van der Waals surface area (Å²) in [4.78, 5) is 0. The van der Waals surface area contributed by atoms with Crippen molar-refractivity contribution >= 4 is 0 Å². The number of hydrogen-bond acceptors (Lipinski definition) is 1. The zero-order chi connectivity index (χ0) is 14.7. The van der Waals surface area contributed by atoms with Crippen LogP contribution in [0.15, 0.2) is 24.3 Å². The van der Waals surface area contributed by atoms with E-state index in [1.807, 2.05) is 6.92 Å². The molecule has 4 heteroatoms. The molecule has 0 bridgehead atoms. The van der Waals surface area contributed by atoms with Crippen LogP contribution in [0, 0.1) is 0 Å². The number of nitrogens with one attached hydrogen (secondary N) is 1. The van der Waals surface area contributed by atoms with Crippen molar-refractivity contribution in [2.45, 2.75) is 51.7 Å². The number of alkyl halides is 3. The Morgan fingerprint density at radius 2 is 1.79 bits per heavy atom. The van der Waals surface area contributed by atoms with Gasteiger partial charge in [-0.3, -0.25) is 0 Å². The summed E-state index contributed by atoms with van der Waals surface area (Å²) in [5.41, 5.74) is 0.208. The highest BCUT2D eigenvalue weighted by Gasteiger charge is 2.30. The minimum atomic E-state index is -4.26. The van der Waals surface area contributed by atoms with E-state index in [9.17, 15) is 13.2 Å². The van der Waals surface area contributed by atoms with Gasteiger partial charge in [0.25, 0.3) is 0 Å². The fourth-order valence-electron chi connectivity index (χ4n) is 1.85. The molecule has 0 radical (unpaired) electrons. The van der Waals surface area contributed by atoms with Crippen molar-refractivity contribution in [2.75, 3.05) is 6.54 Å². The van der Waals surface area contributed by atoms with Crippen molar-refractivity contribution in [3.05, 3.63) is 35.4 Å². The van der Waals surface area contributed by atoms with Crippen molar-refractivity contribution in [3.63, 3.8) is 0 Å². The summed E-state index contributed by atoms with van der Waals surface area (Å²) < 4.78 is 37.9. The summed E-state index contributed by atoms with van der Waals surface area (Å²) in [5.74, 6) is 0.108. The molecule has 0 aliphatic heterocycles. The van der Waals surface area contributed by atoms with Gasteiger partial charge in [0.05, 0.1) is 5.56 Å². The summed E-state index contributed by atoms with van der Waals surface area (Å²) in [6.07, 6.45) is -3.45. The SMILES string of the molecule is CC(CCNC(C)(C)C)c1cccc(C(F)(F)F)c1. The van der Waals surface area contributed by atoms with Crippen LogP contribution in [0.5, 0.6) is 0 Å². The average Bonchev–Trinajstić information content (AvgIpc) is 2.26. The molecule has 1 unspecified atom stereocenters. The lowest BCUT2D eigenvalue weighted by Gasteiger charge is -2.22. The smallest absolute Gasteiger partial charge is 0.312 e. The highest BCUT2D eigenvalue weighted by molar-refractivity contribution is 5.27. The van der Waals surface area contributed by atoms with E-state index in [1.54, 1.807) is 6.07 Å². The highest BCUT2D eigenvalue weighted by atomic mass is 19.4. The van der Waals surface area contributed by atoms with Gasteiger partial charge in [0.2, 0.25) is 0 Å². The molecule has 108 valence electrons. The Morgan fingerprint density at radius 3 is 2.32 bits per heavy atom. The molecule has 1 nitrogen and oxygen atoms in total. The molecule has 0 saturated carbocycles. The average molecular weight is 273 g/mol. The molecule has 0 spiro atoms. The topological polar surface area (TPSA) is 12.0 Å². The van der Waals surface area contributed by atoms with Gasteiger partial charge in [-0.2, -0.15) is 13.2 Å². The van der Waals surface area contributed by atoms with E-state index < -0.39 is 11.7 Å². The first-order valence-corrected chi connectivity index (χ1v) is 6.52. The van der Waals surface area contributed by atoms with Crippen LogP contribution < -0.4 is 5.32 Å². The fraction of sp³-hybridized carbons (Fsp3) is 0.600. The standard InChI is InChI=1S/C15H22F3N/c1-11(8-9-19-14(2,3)4)12-6-5-7-13(10-12)15(16,17)18/h5-7,10-11,19H,8-9H2,1-4H3. The van der Waals surface area contributed by atoms with Crippen molar-refractivity contribution in [3.8, 4) is 0 Å². The molecule has 1 atom stereocenters. The second kappa shape index (κ2) is 5.95. The van der Waals surface area contributed by atoms with Crippen LogP contribution in [0.2, 0.25) is 0 Å². The van der Waals surface area contributed by atoms with Gasteiger partial charge in [0.1, 0.15) is 0 Å². The first-order chi connectivity index (χ1) is 8.59. The molecule has 0 aliphatic rings. The Morgan fingerprint density at radius 1 is 1.16 bits per heavy atom. The zero-order valence-corrected chi connectivity index (χ0v) is 11.9. The molecule has 0 aliphatic carbocycles. The molecule has 0 heterocycles.